The van der Waals surface area contributed by atoms with Crippen molar-refractivity contribution in [3.8, 4) is 0 Å². The fraction of sp³-hybridized carbons (Fsp3) is 0.714. The highest BCUT2D eigenvalue weighted by molar-refractivity contribution is 5.78. The van der Waals surface area contributed by atoms with Crippen molar-refractivity contribution in [1.82, 2.24) is 10.2 Å². The van der Waals surface area contributed by atoms with Crippen LogP contribution < -0.4 is 5.32 Å². The van der Waals surface area contributed by atoms with E-state index in [1.54, 1.807) is 4.90 Å². The Morgan fingerprint density at radius 1 is 1.26 bits per heavy atom. The fourth-order valence-corrected chi connectivity index (χ4v) is 1.89. The fourth-order valence-electron chi connectivity index (χ4n) is 1.89. The molecule has 0 atom stereocenters. The van der Waals surface area contributed by atoms with Crippen molar-refractivity contribution >= 4 is 12.0 Å². The summed E-state index contributed by atoms with van der Waals surface area (Å²) in [6.45, 7) is 12.4. The molecule has 0 bridgehead atoms. The van der Waals surface area contributed by atoms with Gasteiger partial charge in [-0.2, -0.15) is 0 Å². The lowest BCUT2D eigenvalue weighted by Gasteiger charge is -2.29. The van der Waals surface area contributed by atoms with Gasteiger partial charge >= 0.3 is 12.0 Å². The van der Waals surface area contributed by atoms with Gasteiger partial charge in [0.25, 0.3) is 0 Å². The predicted molar refractivity (Wildman–Crippen MR) is 76.1 cm³/mol. The molecule has 5 nitrogen and oxygen atoms in total. The molecular weight excluding hydrogens is 244 g/mol. The Hall–Kier alpha value is -1.52. The maximum Gasteiger partial charge on any atom is 0.317 e. The molecule has 0 aliphatic rings. The van der Waals surface area contributed by atoms with E-state index >= 15 is 0 Å². The first kappa shape index (κ1) is 17.5. The van der Waals surface area contributed by atoms with Crippen LogP contribution in [0.1, 0.15) is 40.5 Å². The van der Waals surface area contributed by atoms with Crippen LogP contribution >= 0.6 is 0 Å². The number of hydrogen-bond acceptors (Lipinski definition) is 2. The second kappa shape index (κ2) is 7.81. The monoisotopic (exact) mass is 270 g/mol. The molecule has 0 aromatic heterocycles. The van der Waals surface area contributed by atoms with Gasteiger partial charge in [-0.25, -0.2) is 4.79 Å². The average molecular weight is 270 g/mol. The maximum atomic E-state index is 12.0. The summed E-state index contributed by atoms with van der Waals surface area (Å²) >= 11 is 0. The molecule has 0 aliphatic heterocycles. The number of aliphatic carboxylic acids is 1. The molecule has 2 amide bonds. The van der Waals surface area contributed by atoms with Crippen molar-refractivity contribution in [1.29, 1.82) is 0 Å². The van der Waals surface area contributed by atoms with E-state index in [9.17, 15) is 14.7 Å². The van der Waals surface area contributed by atoms with E-state index in [1.165, 1.54) is 0 Å². The van der Waals surface area contributed by atoms with E-state index in [-0.39, 0.29) is 12.6 Å². The SMILES string of the molecule is C=C(C)CN(CC)C(=O)NCC(CC)(CC)C(=O)O. The third-order valence-electron chi connectivity index (χ3n) is 3.51. The summed E-state index contributed by atoms with van der Waals surface area (Å²) in [6.07, 6.45) is 0.984. The molecule has 0 heterocycles. The van der Waals surface area contributed by atoms with Gasteiger partial charge in [0.15, 0.2) is 0 Å². The first-order valence-electron chi connectivity index (χ1n) is 6.73. The first-order chi connectivity index (χ1) is 8.82. The smallest absolute Gasteiger partial charge is 0.317 e. The second-order valence-electron chi connectivity index (χ2n) is 4.92. The van der Waals surface area contributed by atoms with Crippen LogP contribution in [0, 0.1) is 5.41 Å². The number of nitrogens with one attached hydrogen (secondary N) is 1. The molecule has 0 unspecified atom stereocenters. The minimum absolute atomic E-state index is 0.154. The molecule has 0 spiro atoms. The van der Waals surface area contributed by atoms with Crippen LogP contribution in [-0.2, 0) is 4.79 Å². The van der Waals surface area contributed by atoms with Crippen LogP contribution in [-0.4, -0.2) is 41.6 Å². The summed E-state index contributed by atoms with van der Waals surface area (Å²) in [6, 6.07) is -0.238. The van der Waals surface area contributed by atoms with E-state index < -0.39 is 11.4 Å². The van der Waals surface area contributed by atoms with Crippen molar-refractivity contribution < 1.29 is 14.7 Å². The van der Waals surface area contributed by atoms with E-state index in [0.29, 0.717) is 25.9 Å². The van der Waals surface area contributed by atoms with Crippen LogP contribution in [0.3, 0.4) is 0 Å². The Labute approximate surface area is 115 Å². The quantitative estimate of drug-likeness (QED) is 0.666. The number of hydrogen-bond donors (Lipinski definition) is 2. The number of likely N-dealkylation sites (N-methyl/N-ethyl adjacent to an activating group) is 1. The zero-order valence-corrected chi connectivity index (χ0v) is 12.5. The maximum absolute atomic E-state index is 12.0. The van der Waals surface area contributed by atoms with E-state index in [2.05, 4.69) is 11.9 Å². The minimum atomic E-state index is -0.877. The van der Waals surface area contributed by atoms with Crippen LogP contribution in [0.25, 0.3) is 0 Å². The van der Waals surface area contributed by atoms with Gasteiger partial charge in [0.05, 0.1) is 5.41 Å². The van der Waals surface area contributed by atoms with E-state index in [1.807, 2.05) is 27.7 Å². The van der Waals surface area contributed by atoms with Crippen LogP contribution in [0.15, 0.2) is 12.2 Å². The lowest BCUT2D eigenvalue weighted by molar-refractivity contribution is -0.149. The first-order valence-corrected chi connectivity index (χ1v) is 6.73. The number of carboxylic acid groups (broad SMARTS) is 1. The number of rotatable bonds is 8. The molecule has 19 heavy (non-hydrogen) atoms. The summed E-state index contributed by atoms with van der Waals surface area (Å²) in [5.74, 6) is -0.860. The van der Waals surface area contributed by atoms with Crippen molar-refractivity contribution in [3.05, 3.63) is 12.2 Å². The Bertz CT molecular complexity index is 336. The molecular formula is C14H26N2O3. The van der Waals surface area contributed by atoms with Gasteiger partial charge < -0.3 is 15.3 Å². The number of carboxylic acids is 1. The van der Waals surface area contributed by atoms with Crippen molar-refractivity contribution in [2.75, 3.05) is 19.6 Å². The number of carbonyl (C=O) groups excluding carboxylic acids is 1. The highest BCUT2D eigenvalue weighted by Crippen LogP contribution is 2.25. The molecule has 5 heteroatoms. The topological polar surface area (TPSA) is 69.6 Å². The highest BCUT2D eigenvalue weighted by atomic mass is 16.4. The zero-order valence-electron chi connectivity index (χ0n) is 12.5. The molecule has 0 fully saturated rings. The van der Waals surface area contributed by atoms with Crippen molar-refractivity contribution in [2.24, 2.45) is 5.41 Å². The average Bonchev–Trinajstić information content (AvgIpc) is 2.36. The Balaban J connectivity index is 4.63. The molecule has 0 radical (unpaired) electrons. The molecule has 2 N–H and O–H groups in total. The third-order valence-corrected chi connectivity index (χ3v) is 3.51. The van der Waals surface area contributed by atoms with Gasteiger partial charge in [-0.05, 0) is 26.7 Å². The molecule has 0 aromatic carbocycles. The lowest BCUT2D eigenvalue weighted by atomic mass is 9.82. The largest absolute Gasteiger partial charge is 0.481 e. The van der Waals surface area contributed by atoms with Crippen LogP contribution in [0.2, 0.25) is 0 Å². The standard InChI is InChI=1S/C14H26N2O3/c1-6-14(7-2,12(17)18)10-15-13(19)16(8-3)9-11(4)5/h4,6-10H2,1-3,5H3,(H,15,19)(H,17,18). The second-order valence-corrected chi connectivity index (χ2v) is 4.92. The van der Waals surface area contributed by atoms with E-state index in [0.717, 1.165) is 5.57 Å². The van der Waals surface area contributed by atoms with Gasteiger partial charge in [-0.15, -0.1) is 0 Å². The Kier molecular flexibility index (Phi) is 7.19. The van der Waals surface area contributed by atoms with Gasteiger partial charge in [-0.1, -0.05) is 26.0 Å². The predicted octanol–water partition coefficient (Wildman–Crippen LogP) is 2.49. The highest BCUT2D eigenvalue weighted by Gasteiger charge is 2.35. The molecule has 0 aromatic rings. The number of nitrogens with zero attached hydrogens (tertiary/aromatic N) is 1. The van der Waals surface area contributed by atoms with Crippen LogP contribution in [0.5, 0.6) is 0 Å². The summed E-state index contributed by atoms with van der Waals surface area (Å²) in [4.78, 5) is 24.9. The molecule has 0 saturated heterocycles. The number of urea groups is 1. The minimum Gasteiger partial charge on any atom is -0.481 e. The van der Waals surface area contributed by atoms with Crippen LogP contribution in [0.4, 0.5) is 4.79 Å². The summed E-state index contributed by atoms with van der Waals surface area (Å²) in [5.41, 5.74) is 0.0191. The third kappa shape index (κ3) is 4.93. The molecule has 0 saturated carbocycles. The normalized spacial score (nSPS) is 10.9. The Morgan fingerprint density at radius 3 is 2.11 bits per heavy atom. The zero-order chi connectivity index (χ0) is 15.1. The van der Waals surface area contributed by atoms with Gasteiger partial charge in [0.1, 0.15) is 0 Å². The van der Waals surface area contributed by atoms with Gasteiger partial charge in [-0.3, -0.25) is 4.79 Å². The number of amides is 2. The summed E-state index contributed by atoms with van der Waals surface area (Å²) in [7, 11) is 0. The Morgan fingerprint density at radius 2 is 1.79 bits per heavy atom. The summed E-state index contributed by atoms with van der Waals surface area (Å²) in [5, 5.41) is 12.0. The summed E-state index contributed by atoms with van der Waals surface area (Å²) < 4.78 is 0. The van der Waals surface area contributed by atoms with E-state index in [4.69, 9.17) is 0 Å². The molecule has 0 rings (SSSR count). The van der Waals surface area contributed by atoms with Crippen molar-refractivity contribution in [2.45, 2.75) is 40.5 Å². The number of carbonyl (C=O) groups is 2. The molecule has 110 valence electrons. The molecule has 0 aliphatic carbocycles. The van der Waals surface area contributed by atoms with Gasteiger partial charge in [0.2, 0.25) is 0 Å². The lowest BCUT2D eigenvalue weighted by Crippen LogP contribution is -2.47. The van der Waals surface area contributed by atoms with Crippen molar-refractivity contribution in [3.63, 3.8) is 0 Å². The van der Waals surface area contributed by atoms with Gasteiger partial charge in [0, 0.05) is 19.6 Å².